The van der Waals surface area contributed by atoms with Gasteiger partial charge in [-0.15, -0.1) is 0 Å². The number of rotatable bonds is 1. The van der Waals surface area contributed by atoms with Gasteiger partial charge in [0.25, 0.3) is 5.91 Å². The predicted molar refractivity (Wildman–Crippen MR) is 61.7 cm³/mol. The molecule has 0 saturated heterocycles. The molecular formula is C11H13N3O. The van der Waals surface area contributed by atoms with Gasteiger partial charge in [-0.2, -0.15) is 0 Å². The minimum atomic E-state index is -0.401. The topological polar surface area (TPSA) is 44.7 Å². The molecule has 0 bridgehead atoms. The highest BCUT2D eigenvalue weighted by Crippen LogP contribution is 2.27. The van der Waals surface area contributed by atoms with Crippen LogP contribution in [0.5, 0.6) is 0 Å². The second kappa shape index (κ2) is 3.73. The van der Waals surface area contributed by atoms with Crippen molar-refractivity contribution in [2.45, 2.75) is 6.04 Å². The molecule has 1 aromatic carbocycles. The lowest BCUT2D eigenvalue weighted by Crippen LogP contribution is -2.33. The maximum atomic E-state index is 11.7. The second-order valence-corrected chi connectivity index (χ2v) is 3.59. The summed E-state index contributed by atoms with van der Waals surface area (Å²) in [6.45, 7) is 4.00. The molecule has 4 heteroatoms. The van der Waals surface area contributed by atoms with Crippen LogP contribution < -0.4 is 10.2 Å². The third-order valence-corrected chi connectivity index (χ3v) is 2.54. The highest BCUT2D eigenvalue weighted by Gasteiger charge is 2.24. The Labute approximate surface area is 88.6 Å². The average Bonchev–Trinajstić information content (AvgIpc) is 2.37. The Kier molecular flexibility index (Phi) is 2.41. The van der Waals surface area contributed by atoms with E-state index in [1.54, 1.807) is 0 Å². The number of hydrogen-bond donors (Lipinski definition) is 1. The maximum Gasteiger partial charge on any atom is 0.251 e. The average molecular weight is 203 g/mol. The van der Waals surface area contributed by atoms with Crippen LogP contribution in [0, 0.1) is 0 Å². The van der Waals surface area contributed by atoms with Crippen LogP contribution in [0.3, 0.4) is 0 Å². The van der Waals surface area contributed by atoms with Gasteiger partial charge in [-0.3, -0.25) is 9.79 Å². The van der Waals surface area contributed by atoms with E-state index in [9.17, 15) is 4.79 Å². The minimum Gasteiger partial charge on any atom is -0.370 e. The number of carbonyl (C=O) groups excluding carboxylic acids is 1. The molecule has 1 aromatic rings. The fraction of sp³-hybridized carbons (Fsp3) is 0.273. The number of nitrogens with zero attached hydrogens (tertiary/aromatic N) is 2. The number of aliphatic imine (C=N–C) groups is 1. The van der Waals surface area contributed by atoms with Crippen LogP contribution in [0.15, 0.2) is 29.3 Å². The Bertz CT molecular complexity index is 403. The number of likely N-dealkylation sites (N-methyl/N-ethyl adjacent to an activating group) is 1. The number of para-hydroxylation sites is 2. The first-order valence-corrected chi connectivity index (χ1v) is 4.79. The molecule has 0 spiro atoms. The Morgan fingerprint density at radius 2 is 2.27 bits per heavy atom. The van der Waals surface area contributed by atoms with E-state index in [1.807, 2.05) is 36.2 Å². The third kappa shape index (κ3) is 1.70. The fourth-order valence-corrected chi connectivity index (χ4v) is 1.71. The second-order valence-electron chi connectivity index (χ2n) is 3.59. The van der Waals surface area contributed by atoms with E-state index in [0.717, 1.165) is 11.4 Å². The van der Waals surface area contributed by atoms with Gasteiger partial charge in [0.2, 0.25) is 0 Å². The Morgan fingerprint density at radius 1 is 1.53 bits per heavy atom. The Hall–Kier alpha value is -1.84. The third-order valence-electron chi connectivity index (χ3n) is 2.54. The van der Waals surface area contributed by atoms with Gasteiger partial charge in [-0.25, -0.2) is 0 Å². The van der Waals surface area contributed by atoms with Gasteiger partial charge in [0.1, 0.15) is 6.04 Å². The van der Waals surface area contributed by atoms with Crippen molar-refractivity contribution in [1.82, 2.24) is 0 Å². The van der Waals surface area contributed by atoms with Crippen LogP contribution in [0.4, 0.5) is 11.4 Å². The number of carbonyl (C=O) groups is 1. The summed E-state index contributed by atoms with van der Waals surface area (Å²) >= 11 is 0. The standard InChI is InChI=1S/C11H13N3O/c1-12-9-7-14(2)10-6-4-3-5-8(10)13-11(9)15/h3-6,9H,1,7H2,2H3,(H,13,15). The van der Waals surface area contributed by atoms with E-state index < -0.39 is 6.04 Å². The van der Waals surface area contributed by atoms with Gasteiger partial charge in [-0.1, -0.05) is 12.1 Å². The number of amides is 1. The molecule has 0 aliphatic carbocycles. The molecule has 1 aliphatic rings. The Balaban J connectivity index is 2.41. The summed E-state index contributed by atoms with van der Waals surface area (Å²) in [5.41, 5.74) is 1.84. The van der Waals surface area contributed by atoms with E-state index in [4.69, 9.17) is 0 Å². The lowest BCUT2D eigenvalue weighted by atomic mass is 10.2. The first-order valence-electron chi connectivity index (χ1n) is 4.79. The van der Waals surface area contributed by atoms with Crippen LogP contribution in [0.1, 0.15) is 0 Å². The lowest BCUT2D eigenvalue weighted by molar-refractivity contribution is -0.117. The summed E-state index contributed by atoms with van der Waals surface area (Å²) in [4.78, 5) is 17.5. The molecule has 1 heterocycles. The van der Waals surface area contributed by atoms with Crippen molar-refractivity contribution >= 4 is 24.0 Å². The highest BCUT2D eigenvalue weighted by atomic mass is 16.2. The summed E-state index contributed by atoms with van der Waals surface area (Å²) in [6.07, 6.45) is 0. The number of anilines is 2. The monoisotopic (exact) mass is 203 g/mol. The van der Waals surface area contributed by atoms with Crippen LogP contribution in [-0.2, 0) is 4.79 Å². The highest BCUT2D eigenvalue weighted by molar-refractivity contribution is 6.00. The minimum absolute atomic E-state index is 0.0956. The van der Waals surface area contributed by atoms with Gasteiger partial charge in [0, 0.05) is 13.6 Å². The van der Waals surface area contributed by atoms with Crippen LogP contribution in [-0.4, -0.2) is 32.3 Å². The van der Waals surface area contributed by atoms with Gasteiger partial charge >= 0.3 is 0 Å². The normalized spacial score (nSPS) is 20.2. The molecule has 1 aliphatic heterocycles. The largest absolute Gasteiger partial charge is 0.370 e. The SMILES string of the molecule is C=NC1CN(C)c2ccccc2NC1=O. The van der Waals surface area contributed by atoms with Crippen LogP contribution >= 0.6 is 0 Å². The molecule has 2 rings (SSSR count). The van der Waals surface area contributed by atoms with Crippen molar-refractivity contribution in [3.8, 4) is 0 Å². The molecule has 0 radical (unpaired) electrons. The van der Waals surface area contributed by atoms with E-state index in [0.29, 0.717) is 6.54 Å². The number of fused-ring (bicyclic) bond motifs is 1. The lowest BCUT2D eigenvalue weighted by Gasteiger charge is -2.19. The number of benzene rings is 1. The van der Waals surface area contributed by atoms with E-state index in [1.165, 1.54) is 0 Å². The smallest absolute Gasteiger partial charge is 0.251 e. The zero-order valence-electron chi connectivity index (χ0n) is 8.60. The molecule has 15 heavy (non-hydrogen) atoms. The van der Waals surface area contributed by atoms with E-state index >= 15 is 0 Å². The van der Waals surface area contributed by atoms with Gasteiger partial charge in [0.05, 0.1) is 11.4 Å². The van der Waals surface area contributed by atoms with Gasteiger partial charge in [-0.05, 0) is 18.9 Å². The van der Waals surface area contributed by atoms with Crippen molar-refractivity contribution in [3.05, 3.63) is 24.3 Å². The predicted octanol–water partition coefficient (Wildman–Crippen LogP) is 1.14. The van der Waals surface area contributed by atoms with E-state index in [2.05, 4.69) is 17.0 Å². The van der Waals surface area contributed by atoms with E-state index in [-0.39, 0.29) is 5.91 Å². The molecule has 1 N–H and O–H groups in total. The summed E-state index contributed by atoms with van der Waals surface area (Å²) in [6, 6.07) is 7.30. The molecule has 0 fully saturated rings. The summed E-state index contributed by atoms with van der Waals surface area (Å²) in [5, 5.41) is 2.84. The first-order chi connectivity index (χ1) is 7.22. The number of hydrogen-bond acceptors (Lipinski definition) is 3. The van der Waals surface area contributed by atoms with Crippen LogP contribution in [0.2, 0.25) is 0 Å². The van der Waals surface area contributed by atoms with Crippen molar-refractivity contribution < 1.29 is 4.79 Å². The zero-order valence-corrected chi connectivity index (χ0v) is 8.60. The fourth-order valence-electron chi connectivity index (χ4n) is 1.71. The molecule has 0 aromatic heterocycles. The Morgan fingerprint density at radius 3 is 3.00 bits per heavy atom. The van der Waals surface area contributed by atoms with Crippen LogP contribution in [0.25, 0.3) is 0 Å². The van der Waals surface area contributed by atoms with Crippen molar-refractivity contribution in [2.24, 2.45) is 4.99 Å². The molecular weight excluding hydrogens is 190 g/mol. The molecule has 78 valence electrons. The summed E-state index contributed by atoms with van der Waals surface area (Å²) in [5.74, 6) is -0.0956. The quantitative estimate of drug-likeness (QED) is 0.696. The van der Waals surface area contributed by atoms with Gasteiger partial charge in [0.15, 0.2) is 0 Å². The maximum absolute atomic E-state index is 11.7. The summed E-state index contributed by atoms with van der Waals surface area (Å²) < 4.78 is 0. The van der Waals surface area contributed by atoms with Crippen molar-refractivity contribution in [1.29, 1.82) is 0 Å². The first kappa shape index (κ1) is 9.71. The molecule has 1 unspecified atom stereocenters. The molecule has 0 saturated carbocycles. The molecule has 1 atom stereocenters. The molecule has 1 amide bonds. The van der Waals surface area contributed by atoms with Crippen molar-refractivity contribution in [2.75, 3.05) is 23.8 Å². The summed E-state index contributed by atoms with van der Waals surface area (Å²) in [7, 11) is 1.94. The van der Waals surface area contributed by atoms with Gasteiger partial charge < -0.3 is 10.2 Å². The molecule has 4 nitrogen and oxygen atoms in total. The zero-order chi connectivity index (χ0) is 10.8. The number of nitrogens with one attached hydrogen (secondary N) is 1. The van der Waals surface area contributed by atoms with Crippen molar-refractivity contribution in [3.63, 3.8) is 0 Å².